The monoisotopic (exact) mass is 310 g/mol. The highest BCUT2D eigenvalue weighted by atomic mass is 35.5. The molecule has 4 heteroatoms. The minimum absolute atomic E-state index is 0. The number of halogens is 1. The minimum Gasteiger partial charge on any atom is -0.341 e. The van der Waals surface area contributed by atoms with Crippen LogP contribution in [0, 0.1) is 5.92 Å². The van der Waals surface area contributed by atoms with E-state index in [1.165, 1.54) is 5.56 Å². The third-order valence-corrected chi connectivity index (χ3v) is 4.36. The lowest BCUT2D eigenvalue weighted by atomic mass is 9.81. The zero-order valence-electron chi connectivity index (χ0n) is 13.0. The third-order valence-electron chi connectivity index (χ3n) is 4.36. The SMILES string of the molecule is CCCC(N)C(=O)N1CCC(c2ccccc2)C(C)C1.Cl. The van der Waals surface area contributed by atoms with E-state index < -0.39 is 0 Å². The van der Waals surface area contributed by atoms with Crippen molar-refractivity contribution in [2.45, 2.75) is 45.1 Å². The van der Waals surface area contributed by atoms with Gasteiger partial charge in [0.25, 0.3) is 0 Å². The molecule has 0 bridgehead atoms. The van der Waals surface area contributed by atoms with Crippen molar-refractivity contribution in [3.05, 3.63) is 35.9 Å². The van der Waals surface area contributed by atoms with Gasteiger partial charge in [0.1, 0.15) is 0 Å². The molecule has 1 fully saturated rings. The Bertz CT molecular complexity index is 438. The van der Waals surface area contributed by atoms with E-state index in [1.807, 2.05) is 4.90 Å². The summed E-state index contributed by atoms with van der Waals surface area (Å²) in [6.45, 7) is 5.97. The molecule has 2 rings (SSSR count). The van der Waals surface area contributed by atoms with Gasteiger partial charge in [-0.05, 0) is 30.2 Å². The molecule has 2 N–H and O–H groups in total. The third kappa shape index (κ3) is 4.45. The molecule has 3 unspecified atom stereocenters. The standard InChI is InChI=1S/C17H26N2O.ClH/c1-3-7-16(18)17(20)19-11-10-15(13(2)12-19)14-8-5-4-6-9-14;/h4-6,8-9,13,15-16H,3,7,10-12,18H2,1-2H3;1H. The number of nitrogens with two attached hydrogens (primary N) is 1. The van der Waals surface area contributed by atoms with E-state index in [2.05, 4.69) is 44.2 Å². The van der Waals surface area contributed by atoms with Crippen LogP contribution in [0.3, 0.4) is 0 Å². The van der Waals surface area contributed by atoms with Crippen molar-refractivity contribution in [3.63, 3.8) is 0 Å². The number of carbonyl (C=O) groups excluding carboxylic acids is 1. The van der Waals surface area contributed by atoms with Gasteiger partial charge < -0.3 is 10.6 Å². The molecule has 1 amide bonds. The number of piperidine rings is 1. The Morgan fingerprint density at radius 1 is 1.38 bits per heavy atom. The zero-order valence-corrected chi connectivity index (χ0v) is 13.8. The summed E-state index contributed by atoms with van der Waals surface area (Å²) in [5, 5.41) is 0. The highest BCUT2D eigenvalue weighted by molar-refractivity contribution is 5.85. The van der Waals surface area contributed by atoms with Gasteiger partial charge in [-0.3, -0.25) is 4.79 Å². The molecule has 1 aromatic carbocycles. The van der Waals surface area contributed by atoms with Gasteiger partial charge in [0.05, 0.1) is 6.04 Å². The molecule has 0 saturated carbocycles. The fourth-order valence-electron chi connectivity index (χ4n) is 3.21. The van der Waals surface area contributed by atoms with Crippen LogP contribution in [0.15, 0.2) is 30.3 Å². The maximum atomic E-state index is 12.3. The molecule has 118 valence electrons. The summed E-state index contributed by atoms with van der Waals surface area (Å²) in [6, 6.07) is 10.3. The largest absolute Gasteiger partial charge is 0.341 e. The van der Waals surface area contributed by atoms with Gasteiger partial charge in [-0.1, -0.05) is 50.6 Å². The Kier molecular flexibility index (Phi) is 7.20. The summed E-state index contributed by atoms with van der Waals surface area (Å²) in [7, 11) is 0. The van der Waals surface area contributed by atoms with Crippen molar-refractivity contribution in [1.82, 2.24) is 4.90 Å². The summed E-state index contributed by atoms with van der Waals surface area (Å²) in [5.41, 5.74) is 7.35. The zero-order chi connectivity index (χ0) is 14.5. The lowest BCUT2D eigenvalue weighted by molar-refractivity contribution is -0.134. The van der Waals surface area contributed by atoms with Crippen LogP contribution >= 0.6 is 12.4 Å². The summed E-state index contributed by atoms with van der Waals surface area (Å²) < 4.78 is 0. The van der Waals surface area contributed by atoms with Crippen molar-refractivity contribution >= 4 is 18.3 Å². The lowest BCUT2D eigenvalue weighted by Gasteiger charge is -2.38. The molecule has 1 heterocycles. The van der Waals surface area contributed by atoms with Crippen molar-refractivity contribution in [2.24, 2.45) is 11.7 Å². The molecule has 0 aromatic heterocycles. The first-order valence-electron chi connectivity index (χ1n) is 7.72. The Morgan fingerprint density at radius 3 is 2.62 bits per heavy atom. The average Bonchev–Trinajstić information content (AvgIpc) is 2.47. The Labute approximate surface area is 134 Å². The fraction of sp³-hybridized carbons (Fsp3) is 0.588. The van der Waals surface area contributed by atoms with Crippen molar-refractivity contribution in [2.75, 3.05) is 13.1 Å². The first-order chi connectivity index (χ1) is 9.63. The quantitative estimate of drug-likeness (QED) is 0.928. The van der Waals surface area contributed by atoms with E-state index >= 15 is 0 Å². The first-order valence-corrected chi connectivity index (χ1v) is 7.72. The fourth-order valence-corrected chi connectivity index (χ4v) is 3.21. The maximum absolute atomic E-state index is 12.3. The van der Waals surface area contributed by atoms with Crippen LogP contribution in [0.5, 0.6) is 0 Å². The number of rotatable bonds is 4. The second-order valence-electron chi connectivity index (χ2n) is 5.96. The summed E-state index contributed by atoms with van der Waals surface area (Å²) in [5.74, 6) is 1.18. The topological polar surface area (TPSA) is 46.3 Å². The number of hydrogen-bond acceptors (Lipinski definition) is 2. The summed E-state index contributed by atoms with van der Waals surface area (Å²) in [6.07, 6.45) is 2.78. The number of amides is 1. The Hall–Kier alpha value is -1.06. The molecule has 0 radical (unpaired) electrons. The van der Waals surface area contributed by atoms with E-state index in [-0.39, 0.29) is 24.4 Å². The maximum Gasteiger partial charge on any atom is 0.239 e. The van der Waals surface area contributed by atoms with Crippen LogP contribution in [0.1, 0.15) is 44.6 Å². The molecule has 0 spiro atoms. The Morgan fingerprint density at radius 2 is 2.05 bits per heavy atom. The average molecular weight is 311 g/mol. The molecule has 1 aliphatic rings. The lowest BCUT2D eigenvalue weighted by Crippen LogP contribution is -2.49. The predicted molar refractivity (Wildman–Crippen MR) is 89.7 cm³/mol. The molecule has 1 aliphatic heterocycles. The first kappa shape index (κ1) is 18.0. The highest BCUT2D eigenvalue weighted by Gasteiger charge is 2.31. The second kappa shape index (κ2) is 8.40. The number of hydrogen-bond donors (Lipinski definition) is 1. The second-order valence-corrected chi connectivity index (χ2v) is 5.96. The molecule has 21 heavy (non-hydrogen) atoms. The normalized spacial score (nSPS) is 23.3. The van der Waals surface area contributed by atoms with Crippen LogP contribution in [-0.4, -0.2) is 29.9 Å². The van der Waals surface area contributed by atoms with Crippen molar-refractivity contribution < 1.29 is 4.79 Å². The van der Waals surface area contributed by atoms with Crippen LogP contribution in [0.4, 0.5) is 0 Å². The highest BCUT2D eigenvalue weighted by Crippen LogP contribution is 2.32. The van der Waals surface area contributed by atoms with Crippen LogP contribution < -0.4 is 5.73 Å². The number of nitrogens with zero attached hydrogens (tertiary/aromatic N) is 1. The van der Waals surface area contributed by atoms with E-state index in [1.54, 1.807) is 0 Å². The molecular formula is C17H27ClN2O. The van der Waals surface area contributed by atoms with Crippen molar-refractivity contribution in [3.8, 4) is 0 Å². The molecule has 1 aromatic rings. The van der Waals surface area contributed by atoms with Crippen LogP contribution in [0.2, 0.25) is 0 Å². The number of likely N-dealkylation sites (tertiary alicyclic amines) is 1. The van der Waals surface area contributed by atoms with E-state index in [4.69, 9.17) is 5.73 Å². The Balaban J connectivity index is 0.00000220. The van der Waals surface area contributed by atoms with Gasteiger partial charge in [-0.15, -0.1) is 12.4 Å². The van der Waals surface area contributed by atoms with Crippen molar-refractivity contribution in [1.29, 1.82) is 0 Å². The van der Waals surface area contributed by atoms with Gasteiger partial charge >= 0.3 is 0 Å². The van der Waals surface area contributed by atoms with Gasteiger partial charge in [-0.25, -0.2) is 0 Å². The molecular weight excluding hydrogens is 284 g/mol. The van der Waals surface area contributed by atoms with Gasteiger partial charge in [-0.2, -0.15) is 0 Å². The van der Waals surface area contributed by atoms with Crippen LogP contribution in [-0.2, 0) is 4.79 Å². The van der Waals surface area contributed by atoms with Gasteiger partial charge in [0.15, 0.2) is 0 Å². The molecule has 0 aliphatic carbocycles. The van der Waals surface area contributed by atoms with E-state index in [0.29, 0.717) is 11.8 Å². The van der Waals surface area contributed by atoms with Gasteiger partial charge in [0.2, 0.25) is 5.91 Å². The summed E-state index contributed by atoms with van der Waals surface area (Å²) >= 11 is 0. The molecule has 3 nitrogen and oxygen atoms in total. The predicted octanol–water partition coefficient (Wildman–Crippen LogP) is 3.19. The summed E-state index contributed by atoms with van der Waals surface area (Å²) in [4.78, 5) is 14.2. The number of carbonyl (C=O) groups is 1. The van der Waals surface area contributed by atoms with E-state index in [9.17, 15) is 4.79 Å². The minimum atomic E-state index is -0.319. The van der Waals surface area contributed by atoms with Gasteiger partial charge in [0, 0.05) is 13.1 Å². The number of benzene rings is 1. The molecule has 3 atom stereocenters. The molecule has 1 saturated heterocycles. The smallest absolute Gasteiger partial charge is 0.239 e. The van der Waals surface area contributed by atoms with Crippen LogP contribution in [0.25, 0.3) is 0 Å². The van der Waals surface area contributed by atoms with E-state index in [0.717, 1.165) is 32.4 Å².